The van der Waals surface area contributed by atoms with Crippen LogP contribution in [0.2, 0.25) is 10.0 Å². The topological polar surface area (TPSA) is 86.7 Å². The highest BCUT2D eigenvalue weighted by Gasteiger charge is 2.42. The van der Waals surface area contributed by atoms with Gasteiger partial charge in [-0.2, -0.15) is 0 Å². The molecule has 0 spiro atoms. The standard InChI is InChI=1S/2C17H15ClF2O3S/c2*1-10-8-9-23-16-14(20)7-6-13(19)15(16)17(10)24(21,22)12-4-2-11(18)3-5-12/h2*2-7,10,17H,8-9H2,1H3/t10-,17+;10-,17-/m11/s1. The zero-order chi connectivity index (χ0) is 35.0. The van der Waals surface area contributed by atoms with E-state index in [1.165, 1.54) is 48.5 Å². The fourth-order valence-electron chi connectivity index (χ4n) is 5.95. The van der Waals surface area contributed by atoms with Crippen molar-refractivity contribution in [1.82, 2.24) is 0 Å². The van der Waals surface area contributed by atoms with Gasteiger partial charge in [0.2, 0.25) is 0 Å². The molecule has 0 saturated carbocycles. The first-order valence-corrected chi connectivity index (χ1v) is 18.7. The molecule has 0 aliphatic carbocycles. The van der Waals surface area contributed by atoms with Crippen molar-refractivity contribution in [2.45, 2.75) is 47.0 Å². The zero-order valence-corrected chi connectivity index (χ0v) is 28.7. The predicted octanol–water partition coefficient (Wildman–Crippen LogP) is 9.10. The molecule has 0 amide bonds. The minimum Gasteiger partial charge on any atom is -0.490 e. The molecule has 4 aromatic carbocycles. The average Bonchev–Trinajstić information content (AvgIpc) is 3.34. The van der Waals surface area contributed by atoms with E-state index >= 15 is 0 Å². The van der Waals surface area contributed by atoms with Crippen molar-refractivity contribution in [2.75, 3.05) is 13.2 Å². The van der Waals surface area contributed by atoms with Crippen LogP contribution in [0.1, 0.15) is 48.3 Å². The van der Waals surface area contributed by atoms with Gasteiger partial charge in [-0.25, -0.2) is 34.4 Å². The third kappa shape index (κ3) is 7.03. The molecule has 2 aliphatic heterocycles. The Hall–Kier alpha value is -3.32. The highest BCUT2D eigenvalue weighted by Crippen LogP contribution is 2.46. The third-order valence-electron chi connectivity index (χ3n) is 8.38. The number of rotatable bonds is 4. The molecule has 0 unspecified atom stereocenters. The molecule has 0 saturated heterocycles. The Labute approximate surface area is 286 Å². The molecule has 0 bridgehead atoms. The van der Waals surface area contributed by atoms with Crippen LogP contribution in [0.15, 0.2) is 82.6 Å². The number of hydrogen-bond donors (Lipinski definition) is 0. The van der Waals surface area contributed by atoms with E-state index in [1.54, 1.807) is 13.8 Å². The minimum atomic E-state index is -3.95. The van der Waals surface area contributed by atoms with E-state index in [4.69, 9.17) is 32.7 Å². The Bertz CT molecular complexity index is 1880. The average molecular weight is 746 g/mol. The summed E-state index contributed by atoms with van der Waals surface area (Å²) in [5.74, 6) is -4.63. The molecular weight excluding hydrogens is 715 g/mol. The number of ether oxygens (including phenoxy) is 2. The summed E-state index contributed by atoms with van der Waals surface area (Å²) in [4.78, 5) is 0.0283. The first kappa shape index (κ1) is 36.0. The van der Waals surface area contributed by atoms with E-state index in [0.717, 1.165) is 24.3 Å². The van der Waals surface area contributed by atoms with Gasteiger partial charge in [-0.15, -0.1) is 0 Å². The first-order chi connectivity index (χ1) is 22.6. The van der Waals surface area contributed by atoms with Crippen molar-refractivity contribution in [3.05, 3.63) is 117 Å². The molecule has 2 heterocycles. The second-order valence-electron chi connectivity index (χ2n) is 11.6. The van der Waals surface area contributed by atoms with Gasteiger partial charge in [0.15, 0.2) is 42.8 Å². The molecule has 6 nitrogen and oxygen atoms in total. The van der Waals surface area contributed by atoms with Gasteiger partial charge in [0.25, 0.3) is 0 Å². The first-order valence-electron chi connectivity index (χ1n) is 14.8. The van der Waals surface area contributed by atoms with Gasteiger partial charge in [-0.3, -0.25) is 0 Å². The van der Waals surface area contributed by atoms with E-state index in [0.29, 0.717) is 22.9 Å². The van der Waals surface area contributed by atoms with E-state index in [-0.39, 0.29) is 45.6 Å². The molecule has 256 valence electrons. The minimum absolute atomic E-state index is 0.0141. The number of halogens is 6. The van der Waals surface area contributed by atoms with Crippen LogP contribution in [0.3, 0.4) is 0 Å². The highest BCUT2D eigenvalue weighted by atomic mass is 35.5. The van der Waals surface area contributed by atoms with Crippen LogP contribution in [0.25, 0.3) is 0 Å². The summed E-state index contributed by atoms with van der Waals surface area (Å²) in [6.07, 6.45) is 0.732. The Morgan fingerprint density at radius 2 is 0.854 bits per heavy atom. The smallest absolute Gasteiger partial charge is 0.185 e. The van der Waals surface area contributed by atoms with Crippen LogP contribution < -0.4 is 9.47 Å². The van der Waals surface area contributed by atoms with Crippen LogP contribution in [-0.4, -0.2) is 30.0 Å². The molecule has 0 aromatic heterocycles. The summed E-state index contributed by atoms with van der Waals surface area (Å²) in [6, 6.07) is 15.0. The lowest BCUT2D eigenvalue weighted by Crippen LogP contribution is -2.21. The van der Waals surface area contributed by atoms with Crippen LogP contribution >= 0.6 is 23.2 Å². The Balaban J connectivity index is 0.000000188. The van der Waals surface area contributed by atoms with E-state index in [9.17, 15) is 34.4 Å². The maximum Gasteiger partial charge on any atom is 0.185 e. The summed E-state index contributed by atoms with van der Waals surface area (Å²) in [5.41, 5.74) is -0.482. The second-order valence-corrected chi connectivity index (χ2v) is 16.6. The van der Waals surface area contributed by atoms with Gasteiger partial charge in [0, 0.05) is 10.0 Å². The number of sulfone groups is 2. The zero-order valence-electron chi connectivity index (χ0n) is 25.6. The van der Waals surface area contributed by atoms with Crippen molar-refractivity contribution in [2.24, 2.45) is 11.8 Å². The molecule has 6 rings (SSSR count). The number of fused-ring (bicyclic) bond motifs is 2. The Morgan fingerprint density at radius 3 is 1.19 bits per heavy atom. The van der Waals surface area contributed by atoms with Gasteiger partial charge in [-0.05, 0) is 97.5 Å². The lowest BCUT2D eigenvalue weighted by Gasteiger charge is -2.23. The molecular formula is C34H30Cl2F4O6S2. The lowest BCUT2D eigenvalue weighted by molar-refractivity contribution is 0.286. The molecule has 14 heteroatoms. The fourth-order valence-corrected chi connectivity index (χ4v) is 10.4. The fraction of sp³-hybridized carbons (Fsp3) is 0.294. The van der Waals surface area contributed by atoms with E-state index < -0.39 is 65.3 Å². The van der Waals surface area contributed by atoms with Crippen molar-refractivity contribution >= 4 is 42.9 Å². The van der Waals surface area contributed by atoms with Gasteiger partial charge in [0.1, 0.15) is 22.1 Å². The second kappa shape index (κ2) is 14.3. The van der Waals surface area contributed by atoms with Gasteiger partial charge >= 0.3 is 0 Å². The maximum atomic E-state index is 14.4. The summed E-state index contributed by atoms with van der Waals surface area (Å²) in [5, 5.41) is -1.67. The van der Waals surface area contributed by atoms with Crippen LogP contribution in [0, 0.1) is 35.1 Å². The van der Waals surface area contributed by atoms with Crippen molar-refractivity contribution in [3.63, 3.8) is 0 Å². The summed E-state index contributed by atoms with van der Waals surface area (Å²) in [7, 11) is -7.90. The summed E-state index contributed by atoms with van der Waals surface area (Å²) >= 11 is 11.6. The van der Waals surface area contributed by atoms with E-state index in [2.05, 4.69) is 0 Å². The SMILES string of the molecule is C[C@@H]1CCOc2c(F)ccc(F)c2[C@@H]1S(=O)(=O)c1ccc(Cl)cc1.C[C@@H]1CCOc2c(F)ccc(F)c2[C@H]1S(=O)(=O)c1ccc(Cl)cc1. The number of hydrogen-bond acceptors (Lipinski definition) is 6. The van der Waals surface area contributed by atoms with Crippen LogP contribution in [0.5, 0.6) is 11.5 Å². The van der Waals surface area contributed by atoms with Crippen LogP contribution in [0.4, 0.5) is 17.6 Å². The molecule has 0 fully saturated rings. The van der Waals surface area contributed by atoms with E-state index in [1.807, 2.05) is 0 Å². The van der Waals surface area contributed by atoms with Gasteiger partial charge < -0.3 is 9.47 Å². The highest BCUT2D eigenvalue weighted by molar-refractivity contribution is 7.92. The molecule has 48 heavy (non-hydrogen) atoms. The monoisotopic (exact) mass is 744 g/mol. The quantitative estimate of drug-likeness (QED) is 0.194. The summed E-state index contributed by atoms with van der Waals surface area (Å²) in [6.45, 7) is 3.64. The molecule has 0 radical (unpaired) electrons. The predicted molar refractivity (Wildman–Crippen MR) is 174 cm³/mol. The molecule has 4 atom stereocenters. The van der Waals surface area contributed by atoms with Gasteiger partial charge in [0.05, 0.1) is 34.1 Å². The third-order valence-corrected chi connectivity index (χ3v) is 13.5. The normalized spacial score (nSPS) is 20.8. The van der Waals surface area contributed by atoms with Crippen LogP contribution in [-0.2, 0) is 19.7 Å². The molecule has 4 aromatic rings. The Morgan fingerprint density at radius 1 is 0.542 bits per heavy atom. The maximum absolute atomic E-state index is 14.4. The van der Waals surface area contributed by atoms with Gasteiger partial charge in [-0.1, -0.05) is 37.0 Å². The Kier molecular flexibility index (Phi) is 10.7. The van der Waals surface area contributed by atoms with Crippen molar-refractivity contribution in [3.8, 4) is 11.5 Å². The molecule has 2 aliphatic rings. The van der Waals surface area contributed by atoms with Crippen molar-refractivity contribution in [1.29, 1.82) is 0 Å². The van der Waals surface area contributed by atoms with Crippen molar-refractivity contribution < 1.29 is 43.9 Å². The lowest BCUT2D eigenvalue weighted by atomic mass is 9.97. The molecule has 0 N–H and O–H groups in total. The summed E-state index contributed by atoms with van der Waals surface area (Å²) < 4.78 is 120. The largest absolute Gasteiger partial charge is 0.490 e. The number of benzene rings is 4.